The lowest BCUT2D eigenvalue weighted by Gasteiger charge is -2.19. The number of hydrogen-bond donors (Lipinski definition) is 1. The molecule has 0 saturated carbocycles. The fraction of sp³-hybridized carbons (Fsp3) is 1.00. The van der Waals surface area contributed by atoms with Crippen molar-refractivity contribution in [1.82, 2.24) is 0 Å². The molecule has 0 fully saturated rings. The average molecular weight is 194 g/mol. The Morgan fingerprint density at radius 2 is 1.55 bits per heavy atom. The summed E-state index contributed by atoms with van der Waals surface area (Å²) in [6.07, 6.45) is -5.53. The third-order valence-corrected chi connectivity index (χ3v) is 2.07. The minimum absolute atomic E-state index is 1.01. The molecular weight excluding hydrogens is 187 g/mol. The predicted octanol–water partition coefficient (Wildman–Crippen LogP) is 1.53. The summed E-state index contributed by atoms with van der Waals surface area (Å²) in [6, 6.07) is -1.45. The first-order valence-electron chi connectivity index (χ1n) is 2.79. The Bertz CT molecular complexity index is 131. The number of halogens is 5. The lowest BCUT2D eigenvalue weighted by Crippen LogP contribution is -2.39. The van der Waals surface area contributed by atoms with Crippen molar-refractivity contribution in [2.24, 2.45) is 0 Å². The van der Waals surface area contributed by atoms with Crippen LogP contribution in [0, 0.1) is 0 Å². The second-order valence-corrected chi connectivity index (χ2v) is 4.36. The smallest absolute Gasteiger partial charge is 0.435 e. The summed E-state index contributed by atoms with van der Waals surface area (Å²) in [5.41, 5.74) is 0. The summed E-state index contributed by atoms with van der Waals surface area (Å²) < 4.78 is 57.9. The van der Waals surface area contributed by atoms with Crippen molar-refractivity contribution in [2.45, 2.75) is 24.7 Å². The molecule has 0 saturated heterocycles. The normalized spacial score (nSPS) is 16.6. The summed E-state index contributed by atoms with van der Waals surface area (Å²) >= 11 is 0. The van der Waals surface area contributed by atoms with E-state index in [2.05, 4.69) is 0 Å². The second-order valence-electron chi connectivity index (χ2n) is 2.26. The molecule has 1 nitrogen and oxygen atoms in total. The van der Waals surface area contributed by atoms with Gasteiger partial charge in [0, 0.05) is 6.04 Å². The highest BCUT2D eigenvalue weighted by Crippen LogP contribution is 2.38. The van der Waals surface area contributed by atoms with Crippen LogP contribution in [0.1, 0.15) is 0 Å². The van der Waals surface area contributed by atoms with E-state index in [4.69, 9.17) is 4.80 Å². The second kappa shape index (κ2) is 3.06. The molecule has 7 heteroatoms. The van der Waals surface area contributed by atoms with Crippen molar-refractivity contribution in [3.63, 3.8) is 0 Å². The maximum absolute atomic E-state index is 11.9. The molecule has 0 spiro atoms. The Labute approximate surface area is 61.6 Å². The quantitative estimate of drug-likeness (QED) is 0.522. The van der Waals surface area contributed by atoms with Gasteiger partial charge in [0.2, 0.25) is 0 Å². The average Bonchev–Trinajstić information content (AvgIpc) is 1.56. The van der Waals surface area contributed by atoms with Crippen LogP contribution in [-0.4, -0.2) is 25.9 Å². The van der Waals surface area contributed by atoms with E-state index in [1.54, 1.807) is 0 Å². The zero-order valence-electron chi connectivity index (χ0n) is 5.62. The van der Waals surface area contributed by atoms with Crippen molar-refractivity contribution in [1.29, 1.82) is 0 Å². The molecule has 0 radical (unpaired) electrons. The zero-order valence-corrected chi connectivity index (χ0v) is 6.78. The molecule has 0 amide bonds. The number of alkyl halides is 5. The van der Waals surface area contributed by atoms with Crippen LogP contribution in [0.2, 0.25) is 12.6 Å². The van der Waals surface area contributed by atoms with E-state index in [1.165, 1.54) is 0 Å². The van der Waals surface area contributed by atoms with Crippen LogP contribution in [0.15, 0.2) is 0 Å². The number of rotatable bonds is 2. The van der Waals surface area contributed by atoms with Crippen LogP contribution in [0.3, 0.4) is 0 Å². The van der Waals surface area contributed by atoms with E-state index in [0.29, 0.717) is 0 Å². The molecule has 1 unspecified atom stereocenters. The fourth-order valence-electron chi connectivity index (χ4n) is 0.487. The van der Waals surface area contributed by atoms with E-state index in [9.17, 15) is 22.0 Å². The molecule has 0 bridgehead atoms. The van der Waals surface area contributed by atoms with E-state index in [1.807, 2.05) is 0 Å². The SMILES string of the molecule is C[SiH](O)CC(F)(F)C(F)(F)F. The predicted molar refractivity (Wildman–Crippen MR) is 31.0 cm³/mol. The fourth-order valence-corrected chi connectivity index (χ4v) is 1.46. The first-order chi connectivity index (χ1) is 4.67. The maximum atomic E-state index is 11.9. The first-order valence-corrected chi connectivity index (χ1v) is 5.28. The van der Waals surface area contributed by atoms with Gasteiger partial charge in [0.1, 0.15) is 0 Å². The van der Waals surface area contributed by atoms with E-state index in [0.717, 1.165) is 6.55 Å². The maximum Gasteiger partial charge on any atom is 0.453 e. The van der Waals surface area contributed by atoms with Crippen LogP contribution in [0.5, 0.6) is 0 Å². The molecule has 0 aromatic heterocycles. The van der Waals surface area contributed by atoms with E-state index < -0.39 is 27.2 Å². The third kappa shape index (κ3) is 3.15. The van der Waals surface area contributed by atoms with Gasteiger partial charge >= 0.3 is 12.1 Å². The van der Waals surface area contributed by atoms with Gasteiger partial charge < -0.3 is 4.80 Å². The molecule has 0 aliphatic carbocycles. The van der Waals surface area contributed by atoms with Crippen LogP contribution in [0.25, 0.3) is 0 Å². The molecule has 0 aromatic carbocycles. The third-order valence-electron chi connectivity index (χ3n) is 0.967. The number of hydrogen-bond acceptors (Lipinski definition) is 1. The topological polar surface area (TPSA) is 20.2 Å². The van der Waals surface area contributed by atoms with Crippen molar-refractivity contribution >= 4 is 9.04 Å². The van der Waals surface area contributed by atoms with Gasteiger partial charge in [-0.3, -0.25) is 0 Å². The monoisotopic (exact) mass is 194 g/mol. The summed E-state index contributed by atoms with van der Waals surface area (Å²) in [5.74, 6) is -4.73. The molecule has 0 aliphatic rings. The Kier molecular flexibility index (Phi) is 3.01. The summed E-state index contributed by atoms with van der Waals surface area (Å²) in [6.45, 7) is 1.01. The van der Waals surface area contributed by atoms with Gasteiger partial charge in [-0.2, -0.15) is 22.0 Å². The summed E-state index contributed by atoms with van der Waals surface area (Å²) in [7, 11) is -2.87. The standard InChI is InChI=1S/C4H7F5OSi/c1-11(10)2-3(5,6)4(7,8)9/h10-11H,2H2,1H3. The van der Waals surface area contributed by atoms with E-state index in [-0.39, 0.29) is 0 Å². The van der Waals surface area contributed by atoms with Crippen LogP contribution in [-0.2, 0) is 0 Å². The van der Waals surface area contributed by atoms with Gasteiger partial charge in [-0.25, -0.2) is 0 Å². The molecule has 11 heavy (non-hydrogen) atoms. The highest BCUT2D eigenvalue weighted by molar-refractivity contribution is 6.48. The van der Waals surface area contributed by atoms with Crippen molar-refractivity contribution in [3.05, 3.63) is 0 Å². The lowest BCUT2D eigenvalue weighted by atomic mass is 10.4. The summed E-state index contributed by atoms with van der Waals surface area (Å²) in [5, 5.41) is 0. The molecular formula is C4H7F5OSi. The van der Waals surface area contributed by atoms with Crippen LogP contribution < -0.4 is 0 Å². The van der Waals surface area contributed by atoms with Crippen molar-refractivity contribution < 1.29 is 26.7 Å². The molecule has 0 rings (SSSR count). The minimum Gasteiger partial charge on any atom is -0.435 e. The Balaban J connectivity index is 4.22. The zero-order chi connectivity index (χ0) is 9.28. The van der Waals surface area contributed by atoms with Gasteiger partial charge in [0.15, 0.2) is 9.04 Å². The molecule has 0 heterocycles. The minimum atomic E-state index is -5.53. The molecule has 0 aromatic rings. The molecule has 68 valence electrons. The van der Waals surface area contributed by atoms with E-state index >= 15 is 0 Å². The molecule has 1 N–H and O–H groups in total. The Morgan fingerprint density at radius 3 is 1.64 bits per heavy atom. The highest BCUT2D eigenvalue weighted by atomic mass is 28.3. The van der Waals surface area contributed by atoms with Crippen molar-refractivity contribution in [3.8, 4) is 0 Å². The molecule has 1 atom stereocenters. The largest absolute Gasteiger partial charge is 0.453 e. The first kappa shape index (κ1) is 10.8. The van der Waals surface area contributed by atoms with Gasteiger partial charge in [-0.15, -0.1) is 0 Å². The Hall–Kier alpha value is -0.173. The van der Waals surface area contributed by atoms with Gasteiger partial charge in [0.25, 0.3) is 0 Å². The van der Waals surface area contributed by atoms with Crippen molar-refractivity contribution in [2.75, 3.05) is 0 Å². The van der Waals surface area contributed by atoms with Gasteiger partial charge in [-0.1, -0.05) is 0 Å². The van der Waals surface area contributed by atoms with Crippen LogP contribution >= 0.6 is 0 Å². The Morgan fingerprint density at radius 1 is 1.18 bits per heavy atom. The van der Waals surface area contributed by atoms with Crippen LogP contribution in [0.4, 0.5) is 22.0 Å². The van der Waals surface area contributed by atoms with Gasteiger partial charge in [-0.05, 0) is 6.55 Å². The highest BCUT2D eigenvalue weighted by Gasteiger charge is 2.57. The molecule has 0 aliphatic heterocycles. The summed E-state index contributed by atoms with van der Waals surface area (Å²) in [4.78, 5) is 8.41. The lowest BCUT2D eigenvalue weighted by molar-refractivity contribution is -0.273. The van der Waals surface area contributed by atoms with Gasteiger partial charge in [0.05, 0.1) is 0 Å².